The topological polar surface area (TPSA) is 90.0 Å². The Morgan fingerprint density at radius 1 is 0.929 bits per heavy atom. The Kier molecular flexibility index (Phi) is 10.3. The van der Waals surface area contributed by atoms with Crippen LogP contribution in [0.25, 0.3) is 0 Å². The number of hydrogen-bond donors (Lipinski definition) is 1. The van der Waals surface area contributed by atoms with Gasteiger partial charge in [-0.05, 0) is 48.6 Å². The molecule has 1 atom stereocenters. The number of benzene rings is 3. The fourth-order valence-corrected chi connectivity index (χ4v) is 6.31. The quantitative estimate of drug-likeness (QED) is 0.336. The van der Waals surface area contributed by atoms with E-state index in [1.54, 1.807) is 0 Å². The normalized spacial score (nSPS) is 14.5. The van der Waals surface area contributed by atoms with Gasteiger partial charge in [0.2, 0.25) is 11.8 Å². The molecular weight excluding hydrogens is 555 g/mol. The van der Waals surface area contributed by atoms with E-state index in [0.29, 0.717) is 0 Å². The second kappa shape index (κ2) is 13.9. The lowest BCUT2D eigenvalue weighted by Crippen LogP contribution is -2.55. The van der Waals surface area contributed by atoms with Crippen LogP contribution < -0.4 is 9.62 Å². The zero-order valence-electron chi connectivity index (χ0n) is 24.4. The number of aryl methyl sites for hydroxylation is 1. The van der Waals surface area contributed by atoms with E-state index in [0.717, 1.165) is 57.1 Å². The second-order valence-electron chi connectivity index (χ2n) is 10.9. The lowest BCUT2D eigenvalue weighted by atomic mass is 10.0. The van der Waals surface area contributed by atoms with E-state index in [9.17, 15) is 22.4 Å². The van der Waals surface area contributed by atoms with E-state index >= 15 is 0 Å². The summed E-state index contributed by atoms with van der Waals surface area (Å²) >= 11 is 0. The third-order valence-corrected chi connectivity index (χ3v) is 9.52. The first-order valence-corrected chi connectivity index (χ1v) is 15.6. The summed E-state index contributed by atoms with van der Waals surface area (Å²) in [6.07, 6.45) is 4.03. The van der Waals surface area contributed by atoms with Crippen molar-refractivity contribution in [3.63, 3.8) is 0 Å². The molecule has 10 heteroatoms. The molecule has 1 fully saturated rings. The number of rotatable bonds is 12. The molecule has 0 spiro atoms. The van der Waals surface area contributed by atoms with E-state index < -0.39 is 34.5 Å². The third-order valence-electron chi connectivity index (χ3n) is 7.71. The number of amides is 2. The summed E-state index contributed by atoms with van der Waals surface area (Å²) in [5.41, 5.74) is 2.37. The number of halogens is 1. The minimum Gasteiger partial charge on any atom is -0.352 e. The Morgan fingerprint density at radius 2 is 1.55 bits per heavy atom. The maximum Gasteiger partial charge on any atom is 0.304 e. The van der Waals surface area contributed by atoms with Crippen LogP contribution in [-0.2, 0) is 32.8 Å². The van der Waals surface area contributed by atoms with Crippen molar-refractivity contribution in [2.24, 2.45) is 0 Å². The summed E-state index contributed by atoms with van der Waals surface area (Å²) in [5.74, 6) is -1.68. The highest BCUT2D eigenvalue weighted by Gasteiger charge is 2.36. The number of nitrogens with zero attached hydrogens (tertiary/aromatic N) is 3. The van der Waals surface area contributed by atoms with Crippen molar-refractivity contribution in [2.45, 2.75) is 57.7 Å². The van der Waals surface area contributed by atoms with Crippen LogP contribution in [0.5, 0.6) is 0 Å². The average Bonchev–Trinajstić information content (AvgIpc) is 3.48. The molecule has 8 nitrogen and oxygen atoms in total. The summed E-state index contributed by atoms with van der Waals surface area (Å²) in [5, 5.41) is 3.14. The van der Waals surface area contributed by atoms with Gasteiger partial charge in [0.05, 0.1) is 5.69 Å². The van der Waals surface area contributed by atoms with Crippen molar-refractivity contribution < 1.29 is 22.4 Å². The van der Waals surface area contributed by atoms with Gasteiger partial charge in [-0.15, -0.1) is 0 Å². The molecule has 4 rings (SSSR count). The van der Waals surface area contributed by atoms with Crippen LogP contribution in [0.3, 0.4) is 0 Å². The zero-order chi connectivity index (χ0) is 30.3. The van der Waals surface area contributed by atoms with Gasteiger partial charge in [0, 0.05) is 33.1 Å². The first-order chi connectivity index (χ1) is 20.1. The lowest BCUT2D eigenvalue weighted by Gasteiger charge is -2.35. The predicted octanol–water partition coefficient (Wildman–Crippen LogP) is 4.45. The number of carbonyl (C=O) groups is 2. The van der Waals surface area contributed by atoms with Crippen molar-refractivity contribution in [2.75, 3.05) is 24.9 Å². The van der Waals surface area contributed by atoms with Crippen LogP contribution in [0.15, 0.2) is 78.9 Å². The largest absolute Gasteiger partial charge is 0.352 e. The molecule has 1 aliphatic carbocycles. The molecule has 0 saturated heterocycles. The van der Waals surface area contributed by atoms with Crippen molar-refractivity contribution in [1.82, 2.24) is 14.5 Å². The highest BCUT2D eigenvalue weighted by molar-refractivity contribution is 7.90. The summed E-state index contributed by atoms with van der Waals surface area (Å²) in [7, 11) is -1.62. The fourth-order valence-electron chi connectivity index (χ4n) is 5.25. The minimum absolute atomic E-state index is 0.0234. The molecule has 42 heavy (non-hydrogen) atoms. The van der Waals surface area contributed by atoms with E-state index in [4.69, 9.17) is 0 Å². The Hall–Kier alpha value is -3.76. The molecule has 0 unspecified atom stereocenters. The summed E-state index contributed by atoms with van der Waals surface area (Å²) in [6, 6.07) is 21.5. The van der Waals surface area contributed by atoms with Gasteiger partial charge in [0.25, 0.3) is 0 Å². The smallest absolute Gasteiger partial charge is 0.304 e. The van der Waals surface area contributed by atoms with Gasteiger partial charge < -0.3 is 10.2 Å². The molecule has 224 valence electrons. The maximum absolute atomic E-state index is 15.0. The SMILES string of the molecule is Cc1ccccc1CN(C(=O)CN(c1ccccc1F)S(=O)(=O)N(C)C)[C@@H](Cc1ccccc1)C(=O)NC1CCCC1. The highest BCUT2D eigenvalue weighted by Crippen LogP contribution is 2.25. The number of anilines is 1. The second-order valence-corrected chi connectivity index (χ2v) is 13.0. The van der Waals surface area contributed by atoms with E-state index in [2.05, 4.69) is 5.32 Å². The fraction of sp³-hybridized carbons (Fsp3) is 0.375. The van der Waals surface area contributed by atoms with Crippen LogP contribution in [0, 0.1) is 12.7 Å². The number of para-hydroxylation sites is 1. The number of hydrogen-bond acceptors (Lipinski definition) is 4. The molecule has 1 saturated carbocycles. The van der Waals surface area contributed by atoms with E-state index in [-0.39, 0.29) is 30.6 Å². The van der Waals surface area contributed by atoms with Crippen molar-refractivity contribution in [1.29, 1.82) is 0 Å². The molecule has 0 aliphatic heterocycles. The molecule has 1 N–H and O–H groups in total. The Balaban J connectivity index is 1.77. The molecule has 0 heterocycles. The third kappa shape index (κ3) is 7.54. The van der Waals surface area contributed by atoms with Gasteiger partial charge >= 0.3 is 10.2 Å². The molecule has 1 aliphatic rings. The van der Waals surface area contributed by atoms with Crippen molar-refractivity contribution in [3.8, 4) is 0 Å². The Bertz CT molecular complexity index is 1480. The predicted molar refractivity (Wildman–Crippen MR) is 162 cm³/mol. The maximum atomic E-state index is 15.0. The Labute approximate surface area is 248 Å². The molecule has 3 aromatic carbocycles. The van der Waals surface area contributed by atoms with E-state index in [1.807, 2.05) is 61.5 Å². The van der Waals surface area contributed by atoms with E-state index in [1.165, 1.54) is 37.2 Å². The highest BCUT2D eigenvalue weighted by atomic mass is 32.2. The van der Waals surface area contributed by atoms with Gasteiger partial charge in [-0.25, -0.2) is 8.70 Å². The zero-order valence-corrected chi connectivity index (χ0v) is 25.2. The van der Waals surface area contributed by atoms with Crippen LogP contribution in [0.4, 0.5) is 10.1 Å². The first kappa shape index (κ1) is 31.2. The average molecular weight is 595 g/mol. The monoisotopic (exact) mass is 594 g/mol. The molecule has 0 bridgehead atoms. The summed E-state index contributed by atoms with van der Waals surface area (Å²) < 4.78 is 43.5. The molecule has 2 amide bonds. The summed E-state index contributed by atoms with van der Waals surface area (Å²) in [4.78, 5) is 29.7. The molecule has 3 aromatic rings. The summed E-state index contributed by atoms with van der Waals surface area (Å²) in [6.45, 7) is 1.31. The van der Waals surface area contributed by atoms with Gasteiger partial charge in [-0.1, -0.05) is 79.6 Å². The number of nitrogens with one attached hydrogen (secondary N) is 1. The van der Waals surface area contributed by atoms with Crippen molar-refractivity contribution in [3.05, 3.63) is 101 Å². The number of carbonyl (C=O) groups excluding carboxylic acids is 2. The Morgan fingerprint density at radius 3 is 2.19 bits per heavy atom. The van der Waals surface area contributed by atoms with Crippen LogP contribution in [-0.4, -0.2) is 62.2 Å². The van der Waals surface area contributed by atoms with Gasteiger partial charge in [-0.3, -0.25) is 9.59 Å². The van der Waals surface area contributed by atoms with Crippen molar-refractivity contribution >= 4 is 27.7 Å². The van der Waals surface area contributed by atoms with Crippen LogP contribution in [0.2, 0.25) is 0 Å². The molecule has 0 radical (unpaired) electrons. The molecule has 0 aromatic heterocycles. The first-order valence-electron chi connectivity index (χ1n) is 14.2. The molecular formula is C32H39FN4O4S. The standard InChI is InChI=1S/C32H39FN4O4S/c1-24-13-7-8-16-26(24)22-36(30(21-25-14-5-4-6-15-25)32(39)34-27-17-9-10-18-27)31(38)23-37(42(40,41)35(2)3)29-20-12-11-19-28(29)33/h4-8,11-16,19-20,27,30H,9-10,17-18,21-23H2,1-3H3,(H,34,39)/t30-/m0/s1. The van der Waals surface area contributed by atoms with Gasteiger partial charge in [0.1, 0.15) is 18.4 Å². The minimum atomic E-state index is -4.27. The van der Waals surface area contributed by atoms with Crippen LogP contribution in [0.1, 0.15) is 42.4 Å². The van der Waals surface area contributed by atoms with Gasteiger partial charge in [0.15, 0.2) is 0 Å². The lowest BCUT2D eigenvalue weighted by molar-refractivity contribution is -0.140. The van der Waals surface area contributed by atoms with Crippen LogP contribution >= 0.6 is 0 Å². The van der Waals surface area contributed by atoms with Gasteiger partial charge in [-0.2, -0.15) is 12.7 Å².